The minimum absolute atomic E-state index is 0.263. The second-order valence-electron chi connectivity index (χ2n) is 3.38. The lowest BCUT2D eigenvalue weighted by Crippen LogP contribution is -2.10. The molecule has 2 aromatic heterocycles. The SMILES string of the molecule is Cc1nccn1CCNc1snc(Cl)c1C#N. The molecule has 0 spiro atoms. The molecule has 0 saturated heterocycles. The number of halogens is 1. The van der Waals surface area contributed by atoms with Gasteiger partial charge >= 0.3 is 0 Å². The normalized spacial score (nSPS) is 10.2. The van der Waals surface area contributed by atoms with E-state index < -0.39 is 0 Å². The van der Waals surface area contributed by atoms with Crippen molar-refractivity contribution in [1.82, 2.24) is 13.9 Å². The number of nitrogens with one attached hydrogen (secondary N) is 1. The average Bonchev–Trinajstić information content (AvgIpc) is 2.86. The van der Waals surface area contributed by atoms with E-state index in [1.165, 1.54) is 11.5 Å². The first-order valence-electron chi connectivity index (χ1n) is 4.99. The summed E-state index contributed by atoms with van der Waals surface area (Å²) in [5, 5.41) is 13.0. The first-order valence-corrected chi connectivity index (χ1v) is 6.14. The smallest absolute Gasteiger partial charge is 0.162 e. The van der Waals surface area contributed by atoms with Gasteiger partial charge in [0.05, 0.1) is 0 Å². The molecule has 0 aromatic carbocycles. The number of hydrogen-bond donors (Lipinski definition) is 1. The molecule has 0 aliphatic heterocycles. The summed E-state index contributed by atoms with van der Waals surface area (Å²) in [5.74, 6) is 0.967. The molecule has 5 nitrogen and oxygen atoms in total. The van der Waals surface area contributed by atoms with Crippen molar-refractivity contribution in [2.75, 3.05) is 11.9 Å². The summed E-state index contributed by atoms with van der Waals surface area (Å²) in [4.78, 5) is 4.13. The summed E-state index contributed by atoms with van der Waals surface area (Å²) < 4.78 is 5.95. The Balaban J connectivity index is 1.95. The molecule has 0 aliphatic rings. The number of hydrogen-bond acceptors (Lipinski definition) is 5. The monoisotopic (exact) mass is 267 g/mol. The third-order valence-corrected chi connectivity index (χ3v) is 3.50. The Kier molecular flexibility index (Phi) is 3.61. The van der Waals surface area contributed by atoms with Gasteiger partial charge in [0, 0.05) is 25.5 Å². The van der Waals surface area contributed by atoms with Crippen molar-refractivity contribution in [3.8, 4) is 6.07 Å². The van der Waals surface area contributed by atoms with E-state index >= 15 is 0 Å². The second kappa shape index (κ2) is 5.17. The summed E-state index contributed by atoms with van der Waals surface area (Å²) in [6.07, 6.45) is 3.68. The molecule has 2 heterocycles. The topological polar surface area (TPSA) is 66.5 Å². The van der Waals surface area contributed by atoms with Gasteiger partial charge in [-0.2, -0.15) is 9.64 Å². The van der Waals surface area contributed by atoms with Crippen molar-refractivity contribution in [2.24, 2.45) is 0 Å². The molecule has 0 fully saturated rings. The van der Waals surface area contributed by atoms with E-state index in [9.17, 15) is 0 Å². The van der Waals surface area contributed by atoms with E-state index in [0.717, 1.165) is 17.4 Å². The molecule has 0 amide bonds. The molecule has 7 heteroatoms. The zero-order valence-electron chi connectivity index (χ0n) is 9.14. The van der Waals surface area contributed by atoms with Gasteiger partial charge in [0.15, 0.2) is 5.15 Å². The van der Waals surface area contributed by atoms with Crippen LogP contribution in [0.4, 0.5) is 5.00 Å². The molecule has 0 radical (unpaired) electrons. The summed E-state index contributed by atoms with van der Waals surface area (Å²) in [6.45, 7) is 3.43. The predicted molar refractivity (Wildman–Crippen MR) is 67.3 cm³/mol. The van der Waals surface area contributed by atoms with Crippen LogP contribution in [0.2, 0.25) is 5.15 Å². The molecular weight excluding hydrogens is 258 g/mol. The summed E-state index contributed by atoms with van der Waals surface area (Å²) >= 11 is 6.97. The standard InChI is InChI=1S/C10H10ClN5S/c1-7-13-2-4-16(7)5-3-14-10-8(6-12)9(11)15-17-10/h2,4,14H,3,5H2,1H3. The van der Waals surface area contributed by atoms with Crippen molar-refractivity contribution in [3.63, 3.8) is 0 Å². The van der Waals surface area contributed by atoms with Crippen molar-refractivity contribution in [2.45, 2.75) is 13.5 Å². The predicted octanol–water partition coefficient (Wildman–Crippen LogP) is 2.29. The highest BCUT2D eigenvalue weighted by Gasteiger charge is 2.10. The fraction of sp³-hybridized carbons (Fsp3) is 0.300. The molecule has 0 aliphatic carbocycles. The Hall–Kier alpha value is -1.58. The van der Waals surface area contributed by atoms with E-state index in [0.29, 0.717) is 12.1 Å². The Labute approximate surface area is 108 Å². The van der Waals surface area contributed by atoms with E-state index in [-0.39, 0.29) is 5.15 Å². The molecule has 88 valence electrons. The van der Waals surface area contributed by atoms with Crippen LogP contribution in [0.25, 0.3) is 0 Å². The van der Waals surface area contributed by atoms with Gasteiger partial charge in [-0.3, -0.25) is 0 Å². The Morgan fingerprint density at radius 3 is 3.12 bits per heavy atom. The number of anilines is 1. The lowest BCUT2D eigenvalue weighted by atomic mass is 10.4. The van der Waals surface area contributed by atoms with Crippen LogP contribution in [0.15, 0.2) is 12.4 Å². The average molecular weight is 268 g/mol. The van der Waals surface area contributed by atoms with Gasteiger partial charge < -0.3 is 9.88 Å². The number of rotatable bonds is 4. The van der Waals surface area contributed by atoms with Crippen LogP contribution in [-0.2, 0) is 6.54 Å². The van der Waals surface area contributed by atoms with Gasteiger partial charge in [-0.05, 0) is 18.5 Å². The Bertz CT molecular complexity index is 553. The first kappa shape index (κ1) is 11.9. The first-order chi connectivity index (χ1) is 8.22. The van der Waals surface area contributed by atoms with E-state index in [4.69, 9.17) is 16.9 Å². The van der Waals surface area contributed by atoms with Crippen LogP contribution in [0.5, 0.6) is 0 Å². The molecule has 2 aromatic rings. The summed E-state index contributed by atoms with van der Waals surface area (Å²) in [5.41, 5.74) is 0.416. The van der Waals surface area contributed by atoms with E-state index in [1.54, 1.807) is 6.20 Å². The van der Waals surface area contributed by atoms with Crippen LogP contribution >= 0.6 is 23.1 Å². The van der Waals surface area contributed by atoms with Gasteiger partial charge in [-0.15, -0.1) is 0 Å². The maximum absolute atomic E-state index is 8.89. The minimum atomic E-state index is 0.263. The van der Waals surface area contributed by atoms with Crippen LogP contribution < -0.4 is 5.32 Å². The number of nitrogens with zero attached hydrogens (tertiary/aromatic N) is 4. The quantitative estimate of drug-likeness (QED) is 0.923. The summed E-state index contributed by atoms with van der Waals surface area (Å²) in [7, 11) is 0. The van der Waals surface area contributed by atoms with Gasteiger partial charge in [-0.1, -0.05) is 11.6 Å². The highest BCUT2D eigenvalue weighted by Crippen LogP contribution is 2.27. The van der Waals surface area contributed by atoms with Crippen LogP contribution in [-0.4, -0.2) is 20.5 Å². The van der Waals surface area contributed by atoms with Crippen LogP contribution in [0.3, 0.4) is 0 Å². The summed E-state index contributed by atoms with van der Waals surface area (Å²) in [6, 6.07) is 2.03. The fourth-order valence-corrected chi connectivity index (χ4v) is 2.38. The van der Waals surface area contributed by atoms with E-state index in [2.05, 4.69) is 14.7 Å². The minimum Gasteiger partial charge on any atom is -0.373 e. The van der Waals surface area contributed by atoms with Crippen molar-refractivity contribution >= 4 is 28.1 Å². The maximum atomic E-state index is 8.89. The molecule has 0 saturated carbocycles. The highest BCUT2D eigenvalue weighted by atomic mass is 35.5. The molecule has 17 heavy (non-hydrogen) atoms. The number of aromatic nitrogens is 3. The van der Waals surface area contributed by atoms with Gasteiger partial charge in [0.1, 0.15) is 22.5 Å². The van der Waals surface area contributed by atoms with Crippen LogP contribution in [0, 0.1) is 18.3 Å². The number of nitriles is 1. The fourth-order valence-electron chi connectivity index (χ4n) is 1.42. The molecule has 0 atom stereocenters. The van der Waals surface area contributed by atoms with Crippen molar-refractivity contribution in [1.29, 1.82) is 5.26 Å². The molecule has 0 bridgehead atoms. The third-order valence-electron chi connectivity index (χ3n) is 2.32. The second-order valence-corrected chi connectivity index (χ2v) is 4.52. The lowest BCUT2D eigenvalue weighted by molar-refractivity contribution is 0.701. The Morgan fingerprint density at radius 1 is 1.65 bits per heavy atom. The molecule has 2 rings (SSSR count). The lowest BCUT2D eigenvalue weighted by Gasteiger charge is -2.06. The van der Waals surface area contributed by atoms with Gasteiger partial charge in [0.2, 0.25) is 0 Å². The Morgan fingerprint density at radius 2 is 2.47 bits per heavy atom. The van der Waals surface area contributed by atoms with Gasteiger partial charge in [-0.25, -0.2) is 4.98 Å². The molecular formula is C10H10ClN5S. The largest absolute Gasteiger partial charge is 0.373 e. The maximum Gasteiger partial charge on any atom is 0.162 e. The molecule has 1 N–H and O–H groups in total. The van der Waals surface area contributed by atoms with Crippen molar-refractivity contribution in [3.05, 3.63) is 28.9 Å². The number of aryl methyl sites for hydroxylation is 1. The highest BCUT2D eigenvalue weighted by molar-refractivity contribution is 7.10. The van der Waals surface area contributed by atoms with E-state index in [1.807, 2.05) is 23.8 Å². The van der Waals surface area contributed by atoms with Crippen LogP contribution in [0.1, 0.15) is 11.4 Å². The van der Waals surface area contributed by atoms with Gasteiger partial charge in [0.25, 0.3) is 0 Å². The zero-order chi connectivity index (χ0) is 12.3. The van der Waals surface area contributed by atoms with Crippen molar-refractivity contribution < 1.29 is 0 Å². The molecule has 0 unspecified atom stereocenters. The third kappa shape index (κ3) is 2.57. The zero-order valence-corrected chi connectivity index (χ0v) is 10.7. The number of imidazole rings is 1.